The van der Waals surface area contributed by atoms with Crippen molar-refractivity contribution in [2.75, 3.05) is 23.3 Å². The Kier molecular flexibility index (Phi) is 3.41. The second-order valence-corrected chi connectivity index (χ2v) is 4.59. The molecule has 0 spiro atoms. The summed E-state index contributed by atoms with van der Waals surface area (Å²) in [5.74, 6) is -0.783. The van der Waals surface area contributed by atoms with E-state index in [-0.39, 0.29) is 0 Å². The maximum absolute atomic E-state index is 13.1. The van der Waals surface area contributed by atoms with Crippen LogP contribution in [0.2, 0.25) is 0 Å². The standard InChI is InChI=1S/C13H13F2N5/c14-10-4-3-9(7-11(10)15)17-12-8-16-19-13(18-12)20-5-1-2-6-20/h3-4,7-8H,1-2,5-6H2,(H,17,18,19). The quantitative estimate of drug-likeness (QED) is 0.934. The molecule has 0 amide bonds. The van der Waals surface area contributed by atoms with E-state index in [1.807, 2.05) is 4.90 Å². The highest BCUT2D eigenvalue weighted by Crippen LogP contribution is 2.20. The van der Waals surface area contributed by atoms with Gasteiger partial charge in [-0.2, -0.15) is 10.1 Å². The Morgan fingerprint density at radius 3 is 2.65 bits per heavy atom. The lowest BCUT2D eigenvalue weighted by Gasteiger charge is -2.14. The maximum Gasteiger partial charge on any atom is 0.247 e. The molecule has 0 aliphatic carbocycles. The summed E-state index contributed by atoms with van der Waals surface area (Å²) in [4.78, 5) is 6.37. The van der Waals surface area contributed by atoms with Gasteiger partial charge < -0.3 is 10.2 Å². The van der Waals surface area contributed by atoms with Gasteiger partial charge >= 0.3 is 0 Å². The Labute approximate surface area is 114 Å². The molecule has 2 heterocycles. The summed E-state index contributed by atoms with van der Waals surface area (Å²) < 4.78 is 26.0. The number of hydrogen-bond donors (Lipinski definition) is 1. The summed E-state index contributed by atoms with van der Waals surface area (Å²) >= 11 is 0. The van der Waals surface area contributed by atoms with Gasteiger partial charge in [-0.1, -0.05) is 0 Å². The molecule has 7 heteroatoms. The van der Waals surface area contributed by atoms with Crippen LogP contribution in [0.15, 0.2) is 24.4 Å². The number of nitrogens with one attached hydrogen (secondary N) is 1. The van der Waals surface area contributed by atoms with Crippen molar-refractivity contribution in [2.24, 2.45) is 0 Å². The van der Waals surface area contributed by atoms with E-state index in [0.717, 1.165) is 38.1 Å². The molecule has 0 bridgehead atoms. The van der Waals surface area contributed by atoms with E-state index in [0.29, 0.717) is 17.5 Å². The zero-order chi connectivity index (χ0) is 13.9. The van der Waals surface area contributed by atoms with Crippen LogP contribution < -0.4 is 10.2 Å². The maximum atomic E-state index is 13.1. The lowest BCUT2D eigenvalue weighted by Crippen LogP contribution is -2.21. The third-order valence-electron chi connectivity index (χ3n) is 3.13. The van der Waals surface area contributed by atoms with Crippen LogP contribution in [0.3, 0.4) is 0 Å². The van der Waals surface area contributed by atoms with Crippen LogP contribution in [-0.2, 0) is 0 Å². The predicted molar refractivity (Wildman–Crippen MR) is 70.9 cm³/mol. The smallest absolute Gasteiger partial charge is 0.247 e. The molecule has 1 aromatic carbocycles. The van der Waals surface area contributed by atoms with Crippen LogP contribution in [0.5, 0.6) is 0 Å². The summed E-state index contributed by atoms with van der Waals surface area (Å²) in [7, 11) is 0. The Balaban J connectivity index is 1.79. The predicted octanol–water partition coefficient (Wildman–Crippen LogP) is 2.49. The summed E-state index contributed by atoms with van der Waals surface area (Å²) in [6.45, 7) is 1.83. The van der Waals surface area contributed by atoms with E-state index >= 15 is 0 Å². The fourth-order valence-electron chi connectivity index (χ4n) is 2.13. The van der Waals surface area contributed by atoms with Crippen molar-refractivity contribution in [2.45, 2.75) is 12.8 Å². The molecule has 1 aliphatic heterocycles. The normalized spacial score (nSPS) is 14.6. The third-order valence-corrected chi connectivity index (χ3v) is 3.13. The number of nitrogens with zero attached hydrogens (tertiary/aromatic N) is 4. The molecule has 1 aliphatic rings. The number of rotatable bonds is 3. The van der Waals surface area contributed by atoms with Gasteiger partial charge in [0.2, 0.25) is 5.95 Å². The molecule has 3 rings (SSSR count). The molecule has 0 radical (unpaired) electrons. The second-order valence-electron chi connectivity index (χ2n) is 4.59. The minimum absolute atomic E-state index is 0.414. The Hall–Kier alpha value is -2.31. The van der Waals surface area contributed by atoms with Crippen molar-refractivity contribution in [3.63, 3.8) is 0 Å². The molecule has 104 valence electrons. The summed E-state index contributed by atoms with van der Waals surface area (Å²) in [5.41, 5.74) is 0.414. The van der Waals surface area contributed by atoms with Crippen molar-refractivity contribution in [1.82, 2.24) is 15.2 Å². The molecule has 0 atom stereocenters. The Morgan fingerprint density at radius 2 is 1.90 bits per heavy atom. The highest BCUT2D eigenvalue weighted by atomic mass is 19.2. The molecule has 1 saturated heterocycles. The zero-order valence-corrected chi connectivity index (χ0v) is 10.7. The van der Waals surface area contributed by atoms with Gasteiger partial charge in [0.05, 0.1) is 6.20 Å². The first-order valence-electron chi connectivity index (χ1n) is 6.39. The average molecular weight is 277 g/mol. The minimum atomic E-state index is -0.906. The molecular weight excluding hydrogens is 264 g/mol. The SMILES string of the molecule is Fc1ccc(Nc2cnnc(N3CCCC3)n2)cc1F. The van der Waals surface area contributed by atoms with Gasteiger partial charge in [-0.25, -0.2) is 8.78 Å². The molecule has 1 aromatic heterocycles. The summed E-state index contributed by atoms with van der Waals surface area (Å²) in [6, 6.07) is 3.58. The Morgan fingerprint density at radius 1 is 1.10 bits per heavy atom. The molecule has 1 fully saturated rings. The number of aromatic nitrogens is 3. The molecule has 0 saturated carbocycles. The van der Waals surface area contributed by atoms with Crippen LogP contribution in [0.1, 0.15) is 12.8 Å². The van der Waals surface area contributed by atoms with Gasteiger partial charge in [0.15, 0.2) is 17.5 Å². The van der Waals surface area contributed by atoms with Gasteiger partial charge in [0.1, 0.15) is 0 Å². The Bertz CT molecular complexity index is 613. The molecule has 20 heavy (non-hydrogen) atoms. The third kappa shape index (κ3) is 2.66. The van der Waals surface area contributed by atoms with Gasteiger partial charge in [-0.15, -0.1) is 5.10 Å². The molecule has 5 nitrogen and oxygen atoms in total. The summed E-state index contributed by atoms with van der Waals surface area (Å²) in [6.07, 6.45) is 3.68. The van der Waals surface area contributed by atoms with Crippen molar-refractivity contribution >= 4 is 17.5 Å². The van der Waals surface area contributed by atoms with E-state index in [1.54, 1.807) is 0 Å². The van der Waals surface area contributed by atoms with E-state index in [2.05, 4.69) is 20.5 Å². The van der Waals surface area contributed by atoms with Gasteiger partial charge in [0, 0.05) is 24.8 Å². The van der Waals surface area contributed by atoms with E-state index in [4.69, 9.17) is 0 Å². The number of hydrogen-bond acceptors (Lipinski definition) is 5. The minimum Gasteiger partial charge on any atom is -0.339 e. The molecule has 2 aromatic rings. The van der Waals surface area contributed by atoms with E-state index < -0.39 is 11.6 Å². The van der Waals surface area contributed by atoms with Gasteiger partial charge in [0.25, 0.3) is 0 Å². The molecular formula is C13H13F2N5. The monoisotopic (exact) mass is 277 g/mol. The summed E-state index contributed by atoms with van der Waals surface area (Å²) in [5, 5.41) is 10.8. The first-order chi connectivity index (χ1) is 9.72. The highest BCUT2D eigenvalue weighted by Gasteiger charge is 2.15. The van der Waals surface area contributed by atoms with Crippen LogP contribution in [0, 0.1) is 11.6 Å². The average Bonchev–Trinajstić information content (AvgIpc) is 2.97. The fraction of sp³-hybridized carbons (Fsp3) is 0.308. The topological polar surface area (TPSA) is 53.9 Å². The number of halogens is 2. The number of benzene rings is 1. The van der Waals surface area contributed by atoms with Gasteiger partial charge in [-0.3, -0.25) is 0 Å². The molecule has 1 N–H and O–H groups in total. The molecule has 0 unspecified atom stereocenters. The lowest BCUT2D eigenvalue weighted by molar-refractivity contribution is 0.509. The van der Waals surface area contributed by atoms with Crippen LogP contribution in [0.25, 0.3) is 0 Å². The number of anilines is 3. The van der Waals surface area contributed by atoms with E-state index in [9.17, 15) is 8.78 Å². The van der Waals surface area contributed by atoms with Crippen LogP contribution in [-0.4, -0.2) is 28.3 Å². The van der Waals surface area contributed by atoms with Crippen LogP contribution >= 0.6 is 0 Å². The van der Waals surface area contributed by atoms with Gasteiger partial charge in [-0.05, 0) is 25.0 Å². The first kappa shape index (κ1) is 12.7. The first-order valence-corrected chi connectivity index (χ1v) is 6.39. The van der Waals surface area contributed by atoms with Crippen molar-refractivity contribution in [3.05, 3.63) is 36.0 Å². The zero-order valence-electron chi connectivity index (χ0n) is 10.7. The largest absolute Gasteiger partial charge is 0.339 e. The van der Waals surface area contributed by atoms with Crippen molar-refractivity contribution < 1.29 is 8.78 Å². The fourth-order valence-corrected chi connectivity index (χ4v) is 2.13. The highest BCUT2D eigenvalue weighted by molar-refractivity contribution is 5.56. The van der Waals surface area contributed by atoms with Crippen LogP contribution in [0.4, 0.5) is 26.2 Å². The second kappa shape index (κ2) is 5.36. The van der Waals surface area contributed by atoms with Crippen molar-refractivity contribution in [1.29, 1.82) is 0 Å². The van der Waals surface area contributed by atoms with Crippen molar-refractivity contribution in [3.8, 4) is 0 Å². The van der Waals surface area contributed by atoms with E-state index in [1.165, 1.54) is 12.3 Å². The lowest BCUT2D eigenvalue weighted by atomic mass is 10.3.